The first-order valence-corrected chi connectivity index (χ1v) is 12.1. The van der Waals surface area contributed by atoms with Crippen molar-refractivity contribution in [2.75, 3.05) is 18.1 Å². The van der Waals surface area contributed by atoms with Gasteiger partial charge in [0.15, 0.2) is 5.13 Å². The maximum absolute atomic E-state index is 13.2. The highest BCUT2D eigenvalue weighted by Gasteiger charge is 2.48. The molecule has 4 rings (SSSR count). The third kappa shape index (κ3) is 4.68. The number of rotatable bonds is 9. The quantitative estimate of drug-likeness (QED) is 0.193. The van der Waals surface area contributed by atoms with Crippen LogP contribution in [0.25, 0.3) is 5.76 Å². The van der Waals surface area contributed by atoms with Crippen LogP contribution in [0.3, 0.4) is 0 Å². The summed E-state index contributed by atoms with van der Waals surface area (Å²) in [5.74, 6) is -0.487. The Bertz CT molecular complexity index is 1190. The maximum atomic E-state index is 13.2. The molecule has 1 saturated heterocycles. The van der Waals surface area contributed by atoms with Crippen molar-refractivity contribution in [2.45, 2.75) is 32.7 Å². The lowest BCUT2D eigenvalue weighted by Gasteiger charge is -2.23. The minimum atomic E-state index is -0.827. The SMILES string of the molecule is CCCCOc1ccc(C2C(=C(O)c3cccc(OCC)c3)C(=O)C(=O)N2c2nccs2)cc1. The molecule has 0 radical (unpaired) electrons. The molecular formula is C26H26N2O5S. The molecule has 1 aliphatic heterocycles. The Morgan fingerprint density at radius 2 is 1.88 bits per heavy atom. The minimum Gasteiger partial charge on any atom is -0.507 e. The van der Waals surface area contributed by atoms with Crippen molar-refractivity contribution in [2.24, 2.45) is 0 Å². The van der Waals surface area contributed by atoms with E-state index in [0.29, 0.717) is 41.0 Å². The van der Waals surface area contributed by atoms with Crippen molar-refractivity contribution >= 4 is 33.9 Å². The van der Waals surface area contributed by atoms with Gasteiger partial charge in [0.1, 0.15) is 17.3 Å². The summed E-state index contributed by atoms with van der Waals surface area (Å²) in [5.41, 5.74) is 1.07. The number of amides is 1. The monoisotopic (exact) mass is 478 g/mol. The summed E-state index contributed by atoms with van der Waals surface area (Å²) in [6.45, 7) is 5.04. The van der Waals surface area contributed by atoms with Crippen LogP contribution in [0.1, 0.15) is 43.9 Å². The molecule has 3 aromatic rings. The number of hydrogen-bond acceptors (Lipinski definition) is 7. The van der Waals surface area contributed by atoms with Gasteiger partial charge in [-0.1, -0.05) is 37.6 Å². The van der Waals surface area contributed by atoms with Gasteiger partial charge in [0, 0.05) is 17.1 Å². The van der Waals surface area contributed by atoms with E-state index in [9.17, 15) is 14.7 Å². The zero-order valence-electron chi connectivity index (χ0n) is 19.1. The standard InChI is InChI=1S/C26H26N2O5S/c1-3-5-14-33-19-11-9-17(10-12-19)22-21(23(29)18-7-6-8-20(16-18)32-4-2)24(30)25(31)28(22)26-27-13-15-34-26/h6-13,15-16,22,29H,3-5,14H2,1-2H3. The molecule has 2 aromatic carbocycles. The third-order valence-electron chi connectivity index (χ3n) is 5.45. The summed E-state index contributed by atoms with van der Waals surface area (Å²) in [4.78, 5) is 31.9. The minimum absolute atomic E-state index is 0.00787. The van der Waals surface area contributed by atoms with Gasteiger partial charge >= 0.3 is 5.91 Å². The number of carbonyl (C=O) groups is 2. The summed E-state index contributed by atoms with van der Waals surface area (Å²) in [5, 5.41) is 13.4. The highest BCUT2D eigenvalue weighted by Crippen LogP contribution is 2.43. The Hall–Kier alpha value is -3.65. The Balaban J connectivity index is 1.79. The molecule has 1 aromatic heterocycles. The molecule has 1 fully saturated rings. The van der Waals surface area contributed by atoms with Crippen LogP contribution in [-0.4, -0.2) is 35.0 Å². The van der Waals surface area contributed by atoms with Crippen molar-refractivity contribution in [3.8, 4) is 11.5 Å². The number of aliphatic hydroxyl groups is 1. The van der Waals surface area contributed by atoms with Gasteiger partial charge in [-0.15, -0.1) is 11.3 Å². The normalized spacial score (nSPS) is 17.2. The second-order valence-corrected chi connectivity index (χ2v) is 8.59. The Labute approximate surface area is 202 Å². The van der Waals surface area contributed by atoms with Crippen LogP contribution in [0.2, 0.25) is 0 Å². The largest absolute Gasteiger partial charge is 0.507 e. The number of Topliss-reactive ketones (excluding diaryl/α,β-unsaturated/α-hetero) is 1. The van der Waals surface area contributed by atoms with Crippen molar-refractivity contribution in [3.05, 3.63) is 76.8 Å². The molecule has 1 N–H and O–H groups in total. The summed E-state index contributed by atoms with van der Waals surface area (Å²) >= 11 is 1.25. The molecule has 1 aliphatic rings. The van der Waals surface area contributed by atoms with E-state index in [2.05, 4.69) is 11.9 Å². The van der Waals surface area contributed by atoms with Crippen molar-refractivity contribution in [1.29, 1.82) is 0 Å². The predicted octanol–water partition coefficient (Wildman–Crippen LogP) is 5.35. The molecular weight excluding hydrogens is 452 g/mol. The molecule has 7 nitrogen and oxygen atoms in total. The van der Waals surface area contributed by atoms with Gasteiger partial charge in [0.05, 0.1) is 24.8 Å². The van der Waals surface area contributed by atoms with Gasteiger partial charge in [-0.25, -0.2) is 4.98 Å². The molecule has 1 unspecified atom stereocenters. The number of ether oxygens (including phenoxy) is 2. The number of carbonyl (C=O) groups excluding carboxylic acids is 2. The molecule has 34 heavy (non-hydrogen) atoms. The first-order chi connectivity index (χ1) is 16.5. The zero-order chi connectivity index (χ0) is 24.1. The van der Waals surface area contributed by atoms with Gasteiger partial charge < -0.3 is 14.6 Å². The second kappa shape index (κ2) is 10.5. The average molecular weight is 479 g/mol. The number of anilines is 1. The van der Waals surface area contributed by atoms with Crippen LogP contribution in [0.15, 0.2) is 65.7 Å². The highest BCUT2D eigenvalue weighted by molar-refractivity contribution is 7.14. The van der Waals surface area contributed by atoms with Crippen molar-refractivity contribution in [3.63, 3.8) is 0 Å². The van der Waals surface area contributed by atoms with E-state index in [1.54, 1.807) is 35.8 Å². The van der Waals surface area contributed by atoms with Crippen LogP contribution < -0.4 is 14.4 Å². The van der Waals surface area contributed by atoms with Gasteiger partial charge in [-0.2, -0.15) is 0 Å². The van der Waals surface area contributed by atoms with E-state index in [1.165, 1.54) is 16.2 Å². The molecule has 0 bridgehead atoms. The lowest BCUT2D eigenvalue weighted by molar-refractivity contribution is -0.132. The van der Waals surface area contributed by atoms with E-state index < -0.39 is 17.7 Å². The van der Waals surface area contributed by atoms with Crippen molar-refractivity contribution in [1.82, 2.24) is 4.98 Å². The number of nitrogens with zero attached hydrogens (tertiary/aromatic N) is 2. The van der Waals surface area contributed by atoms with E-state index >= 15 is 0 Å². The molecule has 1 amide bonds. The second-order valence-electron chi connectivity index (χ2n) is 7.72. The third-order valence-corrected chi connectivity index (χ3v) is 6.22. The molecule has 176 valence electrons. The lowest BCUT2D eigenvalue weighted by Crippen LogP contribution is -2.29. The van der Waals surface area contributed by atoms with Gasteiger partial charge in [0.2, 0.25) is 0 Å². The molecule has 0 saturated carbocycles. The maximum Gasteiger partial charge on any atom is 0.301 e. The predicted molar refractivity (Wildman–Crippen MR) is 131 cm³/mol. The van der Waals surface area contributed by atoms with Crippen molar-refractivity contribution < 1.29 is 24.2 Å². The first-order valence-electron chi connectivity index (χ1n) is 11.2. The van der Waals surface area contributed by atoms with E-state index in [0.717, 1.165) is 12.8 Å². The smallest absolute Gasteiger partial charge is 0.301 e. The number of aliphatic hydroxyl groups excluding tert-OH is 1. The molecule has 0 spiro atoms. The molecule has 0 aliphatic carbocycles. The average Bonchev–Trinajstić information content (AvgIpc) is 3.46. The number of benzene rings is 2. The van der Waals surface area contributed by atoms with Crippen LogP contribution in [-0.2, 0) is 9.59 Å². The van der Waals surface area contributed by atoms with Gasteiger partial charge in [-0.3, -0.25) is 14.5 Å². The van der Waals surface area contributed by atoms with Crippen LogP contribution in [0.4, 0.5) is 5.13 Å². The number of hydrogen-bond donors (Lipinski definition) is 1. The fraction of sp³-hybridized carbons (Fsp3) is 0.269. The zero-order valence-corrected chi connectivity index (χ0v) is 19.9. The Morgan fingerprint density at radius 1 is 1.09 bits per heavy atom. The first kappa shape index (κ1) is 23.5. The van der Waals surface area contributed by atoms with Gasteiger partial charge in [0.25, 0.3) is 5.78 Å². The number of aromatic nitrogens is 1. The van der Waals surface area contributed by atoms with E-state index in [1.807, 2.05) is 31.2 Å². The fourth-order valence-corrected chi connectivity index (χ4v) is 4.48. The van der Waals surface area contributed by atoms with Crippen LogP contribution in [0.5, 0.6) is 11.5 Å². The topological polar surface area (TPSA) is 89.0 Å². The Kier molecular flexibility index (Phi) is 7.27. The number of thiazole rings is 1. The van der Waals surface area contributed by atoms with Crippen LogP contribution >= 0.6 is 11.3 Å². The lowest BCUT2D eigenvalue weighted by atomic mass is 9.95. The summed E-state index contributed by atoms with van der Waals surface area (Å²) in [7, 11) is 0. The summed E-state index contributed by atoms with van der Waals surface area (Å²) < 4.78 is 11.3. The van der Waals surface area contributed by atoms with E-state index in [4.69, 9.17) is 9.47 Å². The van der Waals surface area contributed by atoms with Gasteiger partial charge in [-0.05, 0) is 43.2 Å². The molecule has 8 heteroatoms. The molecule has 1 atom stereocenters. The van der Waals surface area contributed by atoms with E-state index in [-0.39, 0.29) is 11.3 Å². The number of ketones is 1. The summed E-state index contributed by atoms with van der Waals surface area (Å²) in [6, 6.07) is 13.2. The Morgan fingerprint density at radius 3 is 2.56 bits per heavy atom. The van der Waals surface area contributed by atoms with Crippen LogP contribution in [0, 0.1) is 0 Å². The highest BCUT2D eigenvalue weighted by atomic mass is 32.1. The fourth-order valence-electron chi connectivity index (χ4n) is 3.82. The summed E-state index contributed by atoms with van der Waals surface area (Å²) in [6.07, 6.45) is 3.56. The number of unbranched alkanes of at least 4 members (excludes halogenated alkanes) is 1. The molecule has 2 heterocycles.